The molecule has 0 amide bonds. The van der Waals surface area contributed by atoms with E-state index in [-0.39, 0.29) is 26.8 Å². The minimum atomic E-state index is -0.609. The number of carbonyl (C=O) groups is 1. The fourth-order valence-corrected chi connectivity index (χ4v) is 1.99. The van der Waals surface area contributed by atoms with E-state index < -0.39 is 10.7 Å². The molecule has 0 aliphatic heterocycles. The highest BCUT2D eigenvalue weighted by atomic mass is 79.9. The van der Waals surface area contributed by atoms with Crippen molar-refractivity contribution in [1.82, 2.24) is 0 Å². The van der Waals surface area contributed by atoms with Gasteiger partial charge in [0.2, 0.25) is 0 Å². The van der Waals surface area contributed by atoms with Gasteiger partial charge in [0.1, 0.15) is 11.3 Å². The standard InChI is InChI=1S/C9H7Br2NO4/c1-16-7-3-2-5(11)9(12(14)15)8(7)6(13)4-10/h2-3H,4H2,1H3. The summed E-state index contributed by atoms with van der Waals surface area (Å²) in [5.74, 6) is -0.204. The highest BCUT2D eigenvalue weighted by Crippen LogP contribution is 2.35. The summed E-state index contributed by atoms with van der Waals surface area (Å²) in [5, 5.41) is 10.9. The maximum atomic E-state index is 11.6. The van der Waals surface area contributed by atoms with E-state index in [1.165, 1.54) is 19.2 Å². The molecule has 0 fully saturated rings. The van der Waals surface area contributed by atoms with Crippen LogP contribution in [0.4, 0.5) is 5.69 Å². The predicted octanol–water partition coefficient (Wildman–Crippen LogP) is 2.94. The Kier molecular flexibility index (Phi) is 4.43. The number of alkyl halides is 1. The van der Waals surface area contributed by atoms with Gasteiger partial charge in [0.15, 0.2) is 5.78 Å². The van der Waals surface area contributed by atoms with Crippen molar-refractivity contribution in [3.63, 3.8) is 0 Å². The van der Waals surface area contributed by atoms with Crippen molar-refractivity contribution >= 4 is 43.3 Å². The fraction of sp³-hybridized carbons (Fsp3) is 0.222. The molecule has 0 saturated carbocycles. The smallest absolute Gasteiger partial charge is 0.298 e. The molecule has 0 radical (unpaired) electrons. The van der Waals surface area contributed by atoms with Crippen molar-refractivity contribution in [3.05, 3.63) is 32.3 Å². The second-order valence-corrected chi connectivity index (χ2v) is 4.20. The minimum absolute atomic E-state index is 0.000648. The molecule has 86 valence electrons. The van der Waals surface area contributed by atoms with Crippen LogP contribution in [0.15, 0.2) is 16.6 Å². The van der Waals surface area contributed by atoms with Gasteiger partial charge in [0, 0.05) is 0 Å². The fourth-order valence-electron chi connectivity index (χ4n) is 1.23. The number of nitro benzene ring substituents is 1. The number of hydrogen-bond donors (Lipinski definition) is 0. The number of ketones is 1. The topological polar surface area (TPSA) is 69.4 Å². The molecule has 0 aliphatic rings. The van der Waals surface area contributed by atoms with E-state index in [4.69, 9.17) is 4.74 Å². The Hall–Kier alpha value is -0.950. The average Bonchev–Trinajstić information content (AvgIpc) is 2.27. The van der Waals surface area contributed by atoms with E-state index in [0.717, 1.165) is 0 Å². The molecule has 0 spiro atoms. The lowest BCUT2D eigenvalue weighted by molar-refractivity contribution is -0.386. The van der Waals surface area contributed by atoms with Gasteiger partial charge in [-0.3, -0.25) is 14.9 Å². The zero-order valence-corrected chi connectivity index (χ0v) is 11.4. The van der Waals surface area contributed by atoms with Gasteiger partial charge in [-0.15, -0.1) is 0 Å². The van der Waals surface area contributed by atoms with Crippen molar-refractivity contribution in [2.75, 3.05) is 12.4 Å². The summed E-state index contributed by atoms with van der Waals surface area (Å²) in [6.07, 6.45) is 0. The average molecular weight is 353 g/mol. The number of carbonyl (C=O) groups excluding carboxylic acids is 1. The molecule has 0 aliphatic carbocycles. The van der Waals surface area contributed by atoms with Crippen LogP contribution < -0.4 is 4.74 Å². The number of halogens is 2. The van der Waals surface area contributed by atoms with Crippen molar-refractivity contribution in [1.29, 1.82) is 0 Å². The molecule has 0 bridgehead atoms. The maximum absolute atomic E-state index is 11.6. The number of methoxy groups -OCH3 is 1. The third-order valence-electron chi connectivity index (χ3n) is 1.89. The summed E-state index contributed by atoms with van der Waals surface area (Å²) < 4.78 is 5.20. The second-order valence-electron chi connectivity index (χ2n) is 2.79. The van der Waals surface area contributed by atoms with Crippen molar-refractivity contribution < 1.29 is 14.5 Å². The van der Waals surface area contributed by atoms with Crippen molar-refractivity contribution in [2.45, 2.75) is 0 Å². The van der Waals surface area contributed by atoms with E-state index in [0.29, 0.717) is 0 Å². The lowest BCUT2D eigenvalue weighted by Crippen LogP contribution is -2.08. The number of ether oxygens (including phenoxy) is 1. The number of benzene rings is 1. The molecule has 1 aromatic rings. The second kappa shape index (κ2) is 5.40. The number of rotatable bonds is 4. The first-order chi connectivity index (χ1) is 7.52. The first-order valence-electron chi connectivity index (χ1n) is 4.13. The molecule has 0 unspecified atom stereocenters. The summed E-state index contributed by atoms with van der Waals surface area (Å²) in [5.41, 5.74) is -0.303. The van der Waals surface area contributed by atoms with Crippen LogP contribution in [0.5, 0.6) is 5.75 Å². The highest BCUT2D eigenvalue weighted by molar-refractivity contribution is 9.10. The summed E-state index contributed by atoms with van der Waals surface area (Å²) >= 11 is 6.02. The highest BCUT2D eigenvalue weighted by Gasteiger charge is 2.27. The van der Waals surface area contributed by atoms with Gasteiger partial charge >= 0.3 is 0 Å². The molecule has 1 rings (SSSR count). The Bertz CT molecular complexity index is 447. The van der Waals surface area contributed by atoms with Gasteiger partial charge in [-0.2, -0.15) is 0 Å². The molecule has 0 saturated heterocycles. The Balaban J connectivity index is 3.55. The molecule has 7 heteroatoms. The van der Waals surface area contributed by atoms with Gasteiger partial charge in [-0.25, -0.2) is 0 Å². The molecular formula is C9H7Br2NO4. The monoisotopic (exact) mass is 351 g/mol. The molecule has 16 heavy (non-hydrogen) atoms. The Morgan fingerprint density at radius 3 is 2.62 bits per heavy atom. The normalized spacial score (nSPS) is 9.94. The Labute approximate surface area is 108 Å². The number of nitrogens with zero attached hydrogens (tertiary/aromatic N) is 1. The zero-order valence-electron chi connectivity index (χ0n) is 8.20. The van der Waals surface area contributed by atoms with Gasteiger partial charge in [0.05, 0.1) is 21.8 Å². The molecule has 0 N–H and O–H groups in total. The zero-order chi connectivity index (χ0) is 12.3. The van der Waals surface area contributed by atoms with Crippen LogP contribution in [0.2, 0.25) is 0 Å². The molecule has 0 aromatic heterocycles. The summed E-state index contributed by atoms with van der Waals surface area (Å²) in [6, 6.07) is 2.98. The molecule has 0 heterocycles. The van der Waals surface area contributed by atoms with Crippen LogP contribution in [0.3, 0.4) is 0 Å². The number of hydrogen-bond acceptors (Lipinski definition) is 4. The first kappa shape index (κ1) is 13.1. The third kappa shape index (κ3) is 2.41. The third-order valence-corrected chi connectivity index (χ3v) is 3.04. The minimum Gasteiger partial charge on any atom is -0.496 e. The van der Waals surface area contributed by atoms with Crippen LogP contribution in [0.25, 0.3) is 0 Å². The quantitative estimate of drug-likeness (QED) is 0.361. The van der Waals surface area contributed by atoms with Crippen molar-refractivity contribution in [3.8, 4) is 5.75 Å². The molecule has 5 nitrogen and oxygen atoms in total. The van der Waals surface area contributed by atoms with E-state index >= 15 is 0 Å². The summed E-state index contributed by atoms with van der Waals surface area (Å²) in [4.78, 5) is 21.9. The Morgan fingerprint density at radius 1 is 1.56 bits per heavy atom. The van der Waals surface area contributed by atoms with Gasteiger partial charge in [-0.1, -0.05) is 15.9 Å². The van der Waals surface area contributed by atoms with E-state index in [1.807, 2.05) is 0 Å². The van der Waals surface area contributed by atoms with Gasteiger partial charge in [0.25, 0.3) is 5.69 Å². The van der Waals surface area contributed by atoms with Crippen LogP contribution in [-0.4, -0.2) is 23.1 Å². The van der Waals surface area contributed by atoms with E-state index in [1.54, 1.807) is 0 Å². The lowest BCUT2D eigenvalue weighted by Gasteiger charge is -2.07. The summed E-state index contributed by atoms with van der Waals surface area (Å²) in [7, 11) is 1.36. The van der Waals surface area contributed by atoms with Crippen molar-refractivity contribution in [2.24, 2.45) is 0 Å². The van der Waals surface area contributed by atoms with Crippen LogP contribution in [-0.2, 0) is 0 Å². The predicted molar refractivity (Wildman–Crippen MR) is 65.5 cm³/mol. The molecular weight excluding hydrogens is 346 g/mol. The number of nitro groups is 1. The molecule has 0 atom stereocenters. The van der Waals surface area contributed by atoms with Gasteiger partial charge in [-0.05, 0) is 28.1 Å². The van der Waals surface area contributed by atoms with Crippen LogP contribution >= 0.6 is 31.9 Å². The van der Waals surface area contributed by atoms with E-state index in [2.05, 4.69) is 31.9 Å². The lowest BCUT2D eigenvalue weighted by atomic mass is 10.1. The largest absolute Gasteiger partial charge is 0.496 e. The Morgan fingerprint density at radius 2 is 2.19 bits per heavy atom. The SMILES string of the molecule is COc1ccc(Br)c([N+](=O)[O-])c1C(=O)CBr. The van der Waals surface area contributed by atoms with Crippen LogP contribution in [0, 0.1) is 10.1 Å². The maximum Gasteiger partial charge on any atom is 0.298 e. The first-order valence-corrected chi connectivity index (χ1v) is 6.04. The summed E-state index contributed by atoms with van der Waals surface area (Å²) in [6.45, 7) is 0. The number of Topliss-reactive ketones (excluding diaryl/α,β-unsaturated/α-hetero) is 1. The van der Waals surface area contributed by atoms with Crippen LogP contribution in [0.1, 0.15) is 10.4 Å². The van der Waals surface area contributed by atoms with E-state index in [9.17, 15) is 14.9 Å². The van der Waals surface area contributed by atoms with Gasteiger partial charge < -0.3 is 4.74 Å². The molecule has 1 aromatic carbocycles.